The molecule has 0 aliphatic carbocycles. The normalized spacial score (nSPS) is 9.27. The zero-order chi connectivity index (χ0) is 8.85. The van der Waals surface area contributed by atoms with Gasteiger partial charge in [-0.25, -0.2) is 4.98 Å². The summed E-state index contributed by atoms with van der Waals surface area (Å²) in [6, 6.07) is 0. The highest BCUT2D eigenvalue weighted by Crippen LogP contribution is 2.16. The summed E-state index contributed by atoms with van der Waals surface area (Å²) in [5.41, 5.74) is 0.477. The third kappa shape index (κ3) is 3.11. The van der Waals surface area contributed by atoms with E-state index in [4.69, 9.17) is 0 Å². The lowest BCUT2D eigenvalue weighted by Gasteiger charge is -1.85. The van der Waals surface area contributed by atoms with Crippen LogP contribution in [0.5, 0.6) is 0 Å². The molecule has 64 valence electrons. The number of aromatic nitrogens is 1. The van der Waals surface area contributed by atoms with Crippen molar-refractivity contribution in [2.24, 2.45) is 0 Å². The van der Waals surface area contributed by atoms with E-state index < -0.39 is 12.3 Å². The van der Waals surface area contributed by atoms with Crippen molar-refractivity contribution in [3.8, 4) is 0 Å². The maximum absolute atomic E-state index is 11.6. The van der Waals surface area contributed by atoms with Crippen molar-refractivity contribution in [3.63, 3.8) is 0 Å². The summed E-state index contributed by atoms with van der Waals surface area (Å²) in [4.78, 5) is 3.39. The van der Waals surface area contributed by atoms with Gasteiger partial charge >= 0.3 is 6.43 Å². The lowest BCUT2D eigenvalue weighted by atomic mass is 10.6. The maximum atomic E-state index is 11.6. The Morgan fingerprint density at radius 2 is 2.00 bits per heavy atom. The fourth-order valence-electron chi connectivity index (χ4n) is 0.472. The quantitative estimate of drug-likeness (QED) is 0.636. The predicted molar refractivity (Wildman–Crippen MR) is 37.5 cm³/mol. The second-order valence-electron chi connectivity index (χ2n) is 1.63. The van der Waals surface area contributed by atoms with Gasteiger partial charge in [-0.15, -0.1) is 0 Å². The number of rotatable bonds is 1. The molecule has 0 aliphatic rings. The summed E-state index contributed by atoms with van der Waals surface area (Å²) in [6.07, 6.45) is -1.40. The van der Waals surface area contributed by atoms with Crippen molar-refractivity contribution < 1.29 is 13.2 Å². The SMILES string of the molecule is CC.Cc1coc(C(F)F)n1. The van der Waals surface area contributed by atoms with Crippen LogP contribution in [0, 0.1) is 6.92 Å². The summed E-state index contributed by atoms with van der Waals surface area (Å²) in [6.45, 7) is 5.59. The molecule has 0 atom stereocenters. The number of hydrogen-bond donors (Lipinski definition) is 0. The molecule has 2 nitrogen and oxygen atoms in total. The lowest BCUT2D eigenvalue weighted by Crippen LogP contribution is -1.81. The molecule has 0 N–H and O–H groups in total. The summed E-state index contributed by atoms with van der Waals surface area (Å²) in [7, 11) is 0. The van der Waals surface area contributed by atoms with Gasteiger partial charge in [-0.2, -0.15) is 8.78 Å². The summed E-state index contributed by atoms with van der Waals surface area (Å²) in [5.74, 6) is -0.507. The van der Waals surface area contributed by atoms with Gasteiger partial charge in [-0.1, -0.05) is 13.8 Å². The molecule has 0 unspecified atom stereocenters. The van der Waals surface area contributed by atoms with Gasteiger partial charge in [-0.05, 0) is 6.92 Å². The molecule has 0 fully saturated rings. The standard InChI is InChI=1S/C5H5F2NO.C2H6/c1-3-2-9-5(8-3)4(6)7;1-2/h2,4H,1H3;1-2H3. The van der Waals surface area contributed by atoms with Gasteiger partial charge < -0.3 is 4.42 Å². The topological polar surface area (TPSA) is 26.0 Å². The largest absolute Gasteiger partial charge is 0.444 e. The minimum Gasteiger partial charge on any atom is -0.444 e. The Kier molecular flexibility index (Phi) is 4.41. The summed E-state index contributed by atoms with van der Waals surface area (Å²) in [5, 5.41) is 0. The molecule has 1 aromatic rings. The zero-order valence-electron chi connectivity index (χ0n) is 6.77. The molecule has 0 radical (unpaired) electrons. The van der Waals surface area contributed by atoms with Crippen LogP contribution in [0.1, 0.15) is 31.9 Å². The van der Waals surface area contributed by atoms with Crippen LogP contribution in [0.15, 0.2) is 10.7 Å². The third-order valence-corrected chi connectivity index (χ3v) is 0.823. The maximum Gasteiger partial charge on any atom is 0.313 e. The minimum atomic E-state index is -2.60. The average Bonchev–Trinajstić information content (AvgIpc) is 2.40. The molecular formula is C7H11F2NO. The van der Waals surface area contributed by atoms with Crippen molar-refractivity contribution in [1.29, 1.82) is 0 Å². The molecule has 4 heteroatoms. The third-order valence-electron chi connectivity index (χ3n) is 0.823. The number of aryl methyl sites for hydroxylation is 1. The Morgan fingerprint density at radius 3 is 2.18 bits per heavy atom. The lowest BCUT2D eigenvalue weighted by molar-refractivity contribution is 0.115. The van der Waals surface area contributed by atoms with E-state index in [-0.39, 0.29) is 0 Å². The Morgan fingerprint density at radius 1 is 1.45 bits per heavy atom. The molecule has 0 amide bonds. The first kappa shape index (κ1) is 10.1. The van der Waals surface area contributed by atoms with E-state index >= 15 is 0 Å². The van der Waals surface area contributed by atoms with E-state index in [9.17, 15) is 8.78 Å². The van der Waals surface area contributed by atoms with Crippen molar-refractivity contribution in [3.05, 3.63) is 17.8 Å². The molecule has 11 heavy (non-hydrogen) atoms. The summed E-state index contributed by atoms with van der Waals surface area (Å²) >= 11 is 0. The Labute approximate surface area is 64.2 Å². The zero-order valence-corrected chi connectivity index (χ0v) is 6.77. The summed E-state index contributed by atoms with van der Waals surface area (Å²) < 4.78 is 27.6. The number of oxazole rings is 1. The van der Waals surface area contributed by atoms with Crippen molar-refractivity contribution >= 4 is 0 Å². The van der Waals surface area contributed by atoms with Crippen LogP contribution in [-0.4, -0.2) is 4.98 Å². The average molecular weight is 163 g/mol. The van der Waals surface area contributed by atoms with Crippen molar-refractivity contribution in [1.82, 2.24) is 4.98 Å². The first-order valence-corrected chi connectivity index (χ1v) is 3.40. The highest BCUT2D eigenvalue weighted by molar-refractivity contribution is 4.93. The van der Waals surface area contributed by atoms with Gasteiger partial charge in [0, 0.05) is 0 Å². The van der Waals surface area contributed by atoms with Gasteiger partial charge in [0.15, 0.2) is 0 Å². The van der Waals surface area contributed by atoms with Crippen molar-refractivity contribution in [2.45, 2.75) is 27.2 Å². The van der Waals surface area contributed by atoms with E-state index in [1.165, 1.54) is 6.26 Å². The highest BCUT2D eigenvalue weighted by atomic mass is 19.3. The molecule has 0 aromatic carbocycles. The van der Waals surface area contributed by atoms with Crippen LogP contribution in [-0.2, 0) is 0 Å². The molecule has 0 bridgehead atoms. The molecule has 0 spiro atoms. The van der Waals surface area contributed by atoms with Gasteiger partial charge in [0.05, 0.1) is 5.69 Å². The first-order chi connectivity index (χ1) is 5.20. The monoisotopic (exact) mass is 163 g/mol. The second-order valence-corrected chi connectivity index (χ2v) is 1.63. The van der Waals surface area contributed by atoms with E-state index in [1.54, 1.807) is 6.92 Å². The number of nitrogens with zero attached hydrogens (tertiary/aromatic N) is 1. The molecule has 0 saturated heterocycles. The molecule has 0 saturated carbocycles. The van der Waals surface area contributed by atoms with Crippen molar-refractivity contribution in [2.75, 3.05) is 0 Å². The molecular weight excluding hydrogens is 152 g/mol. The Bertz CT molecular complexity index is 198. The fraction of sp³-hybridized carbons (Fsp3) is 0.571. The van der Waals surface area contributed by atoms with E-state index in [0.717, 1.165) is 0 Å². The highest BCUT2D eigenvalue weighted by Gasteiger charge is 2.11. The fourth-order valence-corrected chi connectivity index (χ4v) is 0.472. The van der Waals surface area contributed by atoms with Gasteiger partial charge in [0.25, 0.3) is 5.89 Å². The Hall–Kier alpha value is -0.930. The van der Waals surface area contributed by atoms with Crippen LogP contribution in [0.3, 0.4) is 0 Å². The number of hydrogen-bond acceptors (Lipinski definition) is 2. The van der Waals surface area contributed by atoms with Crippen LogP contribution in [0.2, 0.25) is 0 Å². The van der Waals surface area contributed by atoms with Crippen LogP contribution >= 0.6 is 0 Å². The molecule has 0 aliphatic heterocycles. The van der Waals surface area contributed by atoms with E-state index in [0.29, 0.717) is 5.69 Å². The van der Waals surface area contributed by atoms with E-state index in [2.05, 4.69) is 9.40 Å². The predicted octanol–water partition coefficient (Wildman–Crippen LogP) is 2.95. The number of alkyl halides is 2. The minimum absolute atomic E-state index is 0.477. The van der Waals surface area contributed by atoms with Crippen LogP contribution in [0.4, 0.5) is 8.78 Å². The van der Waals surface area contributed by atoms with Gasteiger partial charge in [-0.3, -0.25) is 0 Å². The first-order valence-electron chi connectivity index (χ1n) is 3.40. The van der Waals surface area contributed by atoms with Crippen LogP contribution in [0.25, 0.3) is 0 Å². The molecule has 1 heterocycles. The van der Waals surface area contributed by atoms with Crippen LogP contribution < -0.4 is 0 Å². The van der Waals surface area contributed by atoms with Gasteiger partial charge in [0.1, 0.15) is 6.26 Å². The second kappa shape index (κ2) is 4.82. The van der Waals surface area contributed by atoms with Gasteiger partial charge in [0.2, 0.25) is 0 Å². The van der Waals surface area contributed by atoms with E-state index in [1.807, 2.05) is 13.8 Å². The smallest absolute Gasteiger partial charge is 0.313 e. The Balaban J connectivity index is 0.000000461. The molecule has 1 rings (SSSR count). The molecule has 1 aromatic heterocycles. The number of halogens is 2.